The fraction of sp³-hybridized carbons (Fsp3) is 0.692. The molecule has 1 aliphatic rings. The van der Waals surface area contributed by atoms with E-state index in [9.17, 15) is 0 Å². The van der Waals surface area contributed by atoms with Gasteiger partial charge >= 0.3 is 0 Å². The molecule has 2 rings (SSSR count). The molecule has 0 spiro atoms. The average Bonchev–Trinajstić information content (AvgIpc) is 2.35. The van der Waals surface area contributed by atoms with Crippen LogP contribution in [0, 0.1) is 6.92 Å². The van der Waals surface area contributed by atoms with E-state index in [1.807, 2.05) is 19.3 Å². The monoisotopic (exact) mass is 235 g/mol. The van der Waals surface area contributed by atoms with Gasteiger partial charge in [-0.1, -0.05) is 6.42 Å². The predicted molar refractivity (Wildman–Crippen MR) is 66.5 cm³/mol. The van der Waals surface area contributed by atoms with Crippen molar-refractivity contribution in [2.24, 2.45) is 0 Å². The highest BCUT2D eigenvalue weighted by Crippen LogP contribution is 2.20. The Labute approximate surface area is 103 Å². The van der Waals surface area contributed by atoms with E-state index in [-0.39, 0.29) is 6.61 Å². The van der Waals surface area contributed by atoms with Gasteiger partial charge in [0.2, 0.25) is 0 Å². The summed E-state index contributed by atoms with van der Waals surface area (Å²) in [5, 5.41) is 9.08. The Morgan fingerprint density at radius 1 is 1.35 bits per heavy atom. The van der Waals surface area contributed by atoms with Crippen molar-refractivity contribution in [1.29, 1.82) is 0 Å². The van der Waals surface area contributed by atoms with Crippen LogP contribution in [0.4, 0.5) is 0 Å². The number of hydrogen-bond donors (Lipinski definition) is 1. The largest absolute Gasteiger partial charge is 0.396 e. The first kappa shape index (κ1) is 12.5. The summed E-state index contributed by atoms with van der Waals surface area (Å²) >= 11 is 0. The number of piperidine rings is 1. The first-order valence-electron chi connectivity index (χ1n) is 6.42. The summed E-state index contributed by atoms with van der Waals surface area (Å²) in [4.78, 5) is 11.1. The topological polar surface area (TPSA) is 49.2 Å². The van der Waals surface area contributed by atoms with Crippen molar-refractivity contribution in [2.75, 3.05) is 13.2 Å². The molecule has 1 fully saturated rings. The van der Waals surface area contributed by atoms with Crippen molar-refractivity contribution in [3.05, 3.63) is 23.8 Å². The number of likely N-dealkylation sites (tertiary alicyclic amines) is 1. The van der Waals surface area contributed by atoms with Crippen LogP contribution in [0.2, 0.25) is 0 Å². The maximum Gasteiger partial charge on any atom is 0.0727 e. The Morgan fingerprint density at radius 3 is 2.94 bits per heavy atom. The van der Waals surface area contributed by atoms with Crippen LogP contribution in [0.3, 0.4) is 0 Å². The number of rotatable bonds is 4. The van der Waals surface area contributed by atoms with Gasteiger partial charge in [0.25, 0.3) is 0 Å². The van der Waals surface area contributed by atoms with E-state index in [4.69, 9.17) is 5.11 Å². The molecular formula is C13H21N3O. The fourth-order valence-electron chi connectivity index (χ4n) is 2.45. The molecule has 1 unspecified atom stereocenters. The highest BCUT2D eigenvalue weighted by molar-refractivity contribution is 5.01. The minimum Gasteiger partial charge on any atom is -0.396 e. The van der Waals surface area contributed by atoms with Gasteiger partial charge in [0.1, 0.15) is 0 Å². The first-order chi connectivity index (χ1) is 8.29. The molecule has 17 heavy (non-hydrogen) atoms. The quantitative estimate of drug-likeness (QED) is 0.859. The number of aromatic nitrogens is 2. The number of hydrogen-bond acceptors (Lipinski definition) is 4. The van der Waals surface area contributed by atoms with Crippen LogP contribution < -0.4 is 0 Å². The zero-order chi connectivity index (χ0) is 12.1. The number of aryl methyl sites for hydroxylation is 1. The zero-order valence-electron chi connectivity index (χ0n) is 10.5. The van der Waals surface area contributed by atoms with Gasteiger partial charge in [0.15, 0.2) is 0 Å². The van der Waals surface area contributed by atoms with Gasteiger partial charge in [0.05, 0.1) is 11.4 Å². The lowest BCUT2D eigenvalue weighted by molar-refractivity contribution is 0.111. The van der Waals surface area contributed by atoms with Crippen LogP contribution >= 0.6 is 0 Å². The highest BCUT2D eigenvalue weighted by atomic mass is 16.3. The Balaban J connectivity index is 1.97. The zero-order valence-corrected chi connectivity index (χ0v) is 10.5. The Morgan fingerprint density at radius 2 is 2.24 bits per heavy atom. The summed E-state index contributed by atoms with van der Waals surface area (Å²) in [6.07, 6.45) is 8.28. The van der Waals surface area contributed by atoms with Crippen molar-refractivity contribution in [2.45, 2.75) is 45.2 Å². The fourth-order valence-corrected chi connectivity index (χ4v) is 2.45. The molecule has 4 heteroatoms. The molecule has 0 saturated carbocycles. The minimum absolute atomic E-state index is 0.279. The second kappa shape index (κ2) is 6.07. The van der Waals surface area contributed by atoms with Gasteiger partial charge < -0.3 is 5.11 Å². The summed E-state index contributed by atoms with van der Waals surface area (Å²) in [7, 11) is 0. The van der Waals surface area contributed by atoms with Crippen LogP contribution in [-0.4, -0.2) is 39.2 Å². The van der Waals surface area contributed by atoms with Crippen molar-refractivity contribution in [1.82, 2.24) is 14.9 Å². The molecule has 1 aromatic rings. The van der Waals surface area contributed by atoms with E-state index in [2.05, 4.69) is 14.9 Å². The van der Waals surface area contributed by atoms with E-state index in [0.717, 1.165) is 30.9 Å². The van der Waals surface area contributed by atoms with Crippen LogP contribution in [-0.2, 0) is 6.54 Å². The van der Waals surface area contributed by atoms with Gasteiger partial charge in [-0.15, -0.1) is 0 Å². The van der Waals surface area contributed by atoms with Gasteiger partial charge in [-0.3, -0.25) is 14.9 Å². The van der Waals surface area contributed by atoms with E-state index in [1.165, 1.54) is 19.3 Å². The van der Waals surface area contributed by atoms with Gasteiger partial charge in [-0.25, -0.2) is 0 Å². The van der Waals surface area contributed by atoms with Gasteiger partial charge in [-0.05, 0) is 32.7 Å². The van der Waals surface area contributed by atoms with Gasteiger partial charge in [-0.2, -0.15) is 0 Å². The van der Waals surface area contributed by atoms with E-state index < -0.39 is 0 Å². The average molecular weight is 235 g/mol. The van der Waals surface area contributed by atoms with Crippen molar-refractivity contribution < 1.29 is 5.11 Å². The predicted octanol–water partition coefficient (Wildman–Crippen LogP) is 1.52. The summed E-state index contributed by atoms with van der Waals surface area (Å²) < 4.78 is 0. The minimum atomic E-state index is 0.279. The van der Waals surface area contributed by atoms with Crippen LogP contribution in [0.5, 0.6) is 0 Å². The lowest BCUT2D eigenvalue weighted by Crippen LogP contribution is -2.39. The number of aliphatic hydroxyl groups excluding tert-OH is 1. The summed E-state index contributed by atoms with van der Waals surface area (Å²) in [6.45, 7) is 4.20. The summed E-state index contributed by atoms with van der Waals surface area (Å²) in [6, 6.07) is 0.511. The molecule has 0 aliphatic carbocycles. The highest BCUT2D eigenvalue weighted by Gasteiger charge is 2.22. The molecule has 0 bridgehead atoms. The second-order valence-corrected chi connectivity index (χ2v) is 4.78. The normalized spacial score (nSPS) is 21.6. The summed E-state index contributed by atoms with van der Waals surface area (Å²) in [5.74, 6) is 0. The van der Waals surface area contributed by atoms with E-state index >= 15 is 0 Å². The molecule has 94 valence electrons. The number of nitrogens with zero attached hydrogens (tertiary/aromatic N) is 3. The first-order valence-corrected chi connectivity index (χ1v) is 6.42. The molecule has 2 heterocycles. The molecule has 1 saturated heterocycles. The van der Waals surface area contributed by atoms with Crippen molar-refractivity contribution in [3.8, 4) is 0 Å². The molecule has 1 atom stereocenters. The van der Waals surface area contributed by atoms with E-state index in [1.54, 1.807) is 0 Å². The van der Waals surface area contributed by atoms with Crippen LogP contribution in [0.15, 0.2) is 12.4 Å². The molecule has 1 aliphatic heterocycles. The lowest BCUT2D eigenvalue weighted by atomic mass is 9.99. The molecule has 4 nitrogen and oxygen atoms in total. The maximum absolute atomic E-state index is 9.08. The molecular weight excluding hydrogens is 214 g/mol. The van der Waals surface area contributed by atoms with Crippen LogP contribution in [0.1, 0.15) is 37.1 Å². The lowest BCUT2D eigenvalue weighted by Gasteiger charge is -2.35. The SMILES string of the molecule is Cc1cnc(CN2CCCCC2CCO)cn1. The van der Waals surface area contributed by atoms with Crippen molar-refractivity contribution in [3.63, 3.8) is 0 Å². The summed E-state index contributed by atoms with van der Waals surface area (Å²) in [5.41, 5.74) is 1.99. The molecule has 1 N–H and O–H groups in total. The van der Waals surface area contributed by atoms with Crippen molar-refractivity contribution >= 4 is 0 Å². The Bertz CT molecular complexity index is 337. The Kier molecular flexibility index (Phi) is 4.45. The standard InChI is InChI=1S/C13H21N3O/c1-11-8-15-12(9-14-11)10-16-6-3-2-4-13(16)5-7-17/h8-9,13,17H,2-7,10H2,1H3. The third-order valence-electron chi connectivity index (χ3n) is 3.41. The third-order valence-corrected chi connectivity index (χ3v) is 3.41. The third kappa shape index (κ3) is 3.48. The molecule has 0 amide bonds. The molecule has 0 radical (unpaired) electrons. The van der Waals surface area contributed by atoms with Gasteiger partial charge in [0, 0.05) is 31.6 Å². The van der Waals surface area contributed by atoms with E-state index in [0.29, 0.717) is 6.04 Å². The second-order valence-electron chi connectivity index (χ2n) is 4.78. The smallest absolute Gasteiger partial charge is 0.0727 e. The molecule has 1 aromatic heterocycles. The maximum atomic E-state index is 9.08. The number of aliphatic hydroxyl groups is 1. The molecule has 0 aromatic carbocycles. The Hall–Kier alpha value is -1.00. The van der Waals surface area contributed by atoms with Crippen LogP contribution in [0.25, 0.3) is 0 Å².